The highest BCUT2D eigenvalue weighted by molar-refractivity contribution is 5.94. The third kappa shape index (κ3) is 2.71. The first-order chi connectivity index (χ1) is 8.76. The van der Waals surface area contributed by atoms with E-state index >= 15 is 0 Å². The van der Waals surface area contributed by atoms with Crippen LogP contribution in [-0.2, 0) is 20.9 Å². The lowest BCUT2D eigenvalue weighted by Gasteiger charge is -2.24. The van der Waals surface area contributed by atoms with E-state index in [1.807, 2.05) is 31.2 Å². The van der Waals surface area contributed by atoms with Gasteiger partial charge in [-0.25, -0.2) is 0 Å². The second-order valence-electron chi connectivity index (χ2n) is 4.36. The summed E-state index contributed by atoms with van der Waals surface area (Å²) in [6, 6.07) is 7.85. The lowest BCUT2D eigenvalue weighted by Crippen LogP contribution is -2.37. The monoisotopic (exact) mass is 249 g/mol. The fourth-order valence-electron chi connectivity index (χ4n) is 2.11. The van der Waals surface area contributed by atoms with Gasteiger partial charge in [0.25, 0.3) is 0 Å². The largest absolute Gasteiger partial charge is 0.354 e. The molecule has 2 rings (SSSR count). The fraction of sp³-hybridized carbons (Fsp3) is 0.500. The standard InChI is InChI=1S/C14H19NO3/c1-3-6-13(16)15-9-14(17-2)18-10-11-7-4-5-8-12(11)15/h4-5,7-8,14H,3,6,9-10H2,1-2H3/t14-/m0/s1. The Morgan fingerprint density at radius 2 is 2.28 bits per heavy atom. The molecule has 0 N–H and O–H groups in total. The summed E-state index contributed by atoms with van der Waals surface area (Å²) in [5.41, 5.74) is 1.97. The van der Waals surface area contributed by atoms with Crippen molar-refractivity contribution in [3.63, 3.8) is 0 Å². The molecule has 0 unspecified atom stereocenters. The maximum absolute atomic E-state index is 12.2. The first-order valence-corrected chi connectivity index (χ1v) is 6.29. The number of fused-ring (bicyclic) bond motifs is 1. The molecule has 1 aromatic carbocycles. The maximum atomic E-state index is 12.2. The van der Waals surface area contributed by atoms with E-state index in [0.717, 1.165) is 17.7 Å². The second-order valence-corrected chi connectivity index (χ2v) is 4.36. The molecule has 0 aromatic heterocycles. The molecule has 0 fully saturated rings. The average molecular weight is 249 g/mol. The topological polar surface area (TPSA) is 38.8 Å². The van der Waals surface area contributed by atoms with E-state index in [9.17, 15) is 4.79 Å². The predicted molar refractivity (Wildman–Crippen MR) is 69.3 cm³/mol. The van der Waals surface area contributed by atoms with E-state index in [2.05, 4.69) is 0 Å². The van der Waals surface area contributed by atoms with Crippen molar-refractivity contribution in [3.8, 4) is 0 Å². The molecule has 4 heteroatoms. The summed E-state index contributed by atoms with van der Waals surface area (Å²) in [5.74, 6) is 0.123. The Hall–Kier alpha value is -1.39. The van der Waals surface area contributed by atoms with Crippen LogP contribution in [0, 0.1) is 0 Å². The first-order valence-electron chi connectivity index (χ1n) is 6.29. The summed E-state index contributed by atoms with van der Waals surface area (Å²) in [4.78, 5) is 14.0. The molecule has 1 aromatic rings. The molecule has 4 nitrogen and oxygen atoms in total. The van der Waals surface area contributed by atoms with Gasteiger partial charge in [0, 0.05) is 24.8 Å². The molecule has 18 heavy (non-hydrogen) atoms. The van der Waals surface area contributed by atoms with E-state index in [4.69, 9.17) is 9.47 Å². The van der Waals surface area contributed by atoms with Crippen LogP contribution >= 0.6 is 0 Å². The van der Waals surface area contributed by atoms with Crippen LogP contribution in [0.15, 0.2) is 24.3 Å². The van der Waals surface area contributed by atoms with Gasteiger partial charge in [0.15, 0.2) is 6.29 Å². The molecule has 1 aliphatic rings. The number of anilines is 1. The normalized spacial score (nSPS) is 19.2. The van der Waals surface area contributed by atoms with Gasteiger partial charge in [-0.15, -0.1) is 0 Å². The molecule has 98 valence electrons. The molecule has 0 saturated heterocycles. The van der Waals surface area contributed by atoms with Gasteiger partial charge in [-0.3, -0.25) is 4.79 Å². The Labute approximate surface area is 107 Å². The lowest BCUT2D eigenvalue weighted by atomic mass is 10.1. The average Bonchev–Trinajstić information content (AvgIpc) is 2.58. The zero-order chi connectivity index (χ0) is 13.0. The van der Waals surface area contributed by atoms with Crippen molar-refractivity contribution in [2.75, 3.05) is 18.6 Å². The van der Waals surface area contributed by atoms with Crippen molar-refractivity contribution in [2.45, 2.75) is 32.7 Å². The van der Waals surface area contributed by atoms with Gasteiger partial charge < -0.3 is 14.4 Å². The molecule has 1 aliphatic heterocycles. The van der Waals surface area contributed by atoms with Crippen LogP contribution in [0.4, 0.5) is 5.69 Å². The highest BCUT2D eigenvalue weighted by Crippen LogP contribution is 2.26. The molecule has 0 aliphatic carbocycles. The minimum Gasteiger partial charge on any atom is -0.354 e. The number of amides is 1. The number of carbonyl (C=O) groups is 1. The van der Waals surface area contributed by atoms with E-state index in [-0.39, 0.29) is 12.2 Å². The number of ether oxygens (including phenoxy) is 2. The van der Waals surface area contributed by atoms with Gasteiger partial charge in [0.2, 0.25) is 5.91 Å². The van der Waals surface area contributed by atoms with Crippen molar-refractivity contribution >= 4 is 11.6 Å². The molecule has 1 heterocycles. The third-order valence-corrected chi connectivity index (χ3v) is 3.07. The summed E-state index contributed by atoms with van der Waals surface area (Å²) in [7, 11) is 1.60. The summed E-state index contributed by atoms with van der Waals surface area (Å²) in [6.07, 6.45) is 1.03. The Kier molecular flexibility index (Phi) is 4.33. The molecule has 0 bridgehead atoms. The minimum absolute atomic E-state index is 0.123. The third-order valence-electron chi connectivity index (χ3n) is 3.07. The van der Waals surface area contributed by atoms with Crippen molar-refractivity contribution in [2.24, 2.45) is 0 Å². The fourth-order valence-corrected chi connectivity index (χ4v) is 2.11. The van der Waals surface area contributed by atoms with E-state index < -0.39 is 0 Å². The highest BCUT2D eigenvalue weighted by atomic mass is 16.7. The first kappa shape index (κ1) is 13.1. The Balaban J connectivity index is 2.30. The van der Waals surface area contributed by atoms with Crippen molar-refractivity contribution in [3.05, 3.63) is 29.8 Å². The van der Waals surface area contributed by atoms with Crippen molar-refractivity contribution in [1.29, 1.82) is 0 Å². The number of benzene rings is 1. The molecule has 0 radical (unpaired) electrons. The van der Waals surface area contributed by atoms with Crippen LogP contribution in [0.5, 0.6) is 0 Å². The summed E-state index contributed by atoms with van der Waals surface area (Å²) in [6.45, 7) is 2.93. The number of hydrogen-bond donors (Lipinski definition) is 0. The maximum Gasteiger partial charge on any atom is 0.227 e. The Bertz CT molecular complexity index is 419. The van der Waals surface area contributed by atoms with Gasteiger partial charge in [-0.2, -0.15) is 0 Å². The van der Waals surface area contributed by atoms with E-state index in [0.29, 0.717) is 19.6 Å². The second kappa shape index (κ2) is 5.98. The molecule has 1 atom stereocenters. The summed E-state index contributed by atoms with van der Waals surface area (Å²) >= 11 is 0. The van der Waals surface area contributed by atoms with E-state index in [1.165, 1.54) is 0 Å². The van der Waals surface area contributed by atoms with Crippen molar-refractivity contribution < 1.29 is 14.3 Å². The Morgan fingerprint density at radius 1 is 1.50 bits per heavy atom. The van der Waals surface area contributed by atoms with Crippen LogP contribution in [0.3, 0.4) is 0 Å². The molecule has 1 amide bonds. The molecule has 0 spiro atoms. The molecular weight excluding hydrogens is 230 g/mol. The summed E-state index contributed by atoms with van der Waals surface area (Å²) in [5, 5.41) is 0. The van der Waals surface area contributed by atoms with Gasteiger partial charge in [-0.1, -0.05) is 25.1 Å². The van der Waals surface area contributed by atoms with Crippen LogP contribution in [0.1, 0.15) is 25.3 Å². The Morgan fingerprint density at radius 3 is 3.00 bits per heavy atom. The zero-order valence-electron chi connectivity index (χ0n) is 10.9. The zero-order valence-corrected chi connectivity index (χ0v) is 10.9. The molecule has 0 saturated carbocycles. The highest BCUT2D eigenvalue weighted by Gasteiger charge is 2.25. The lowest BCUT2D eigenvalue weighted by molar-refractivity contribution is -0.130. The van der Waals surface area contributed by atoms with Gasteiger partial charge in [-0.05, 0) is 12.5 Å². The van der Waals surface area contributed by atoms with Gasteiger partial charge >= 0.3 is 0 Å². The quantitative estimate of drug-likeness (QED) is 0.825. The van der Waals surface area contributed by atoms with Crippen molar-refractivity contribution in [1.82, 2.24) is 0 Å². The number of nitrogens with zero attached hydrogens (tertiary/aromatic N) is 1. The number of rotatable bonds is 3. The van der Waals surface area contributed by atoms with Crippen LogP contribution < -0.4 is 4.90 Å². The van der Waals surface area contributed by atoms with Gasteiger partial charge in [0.1, 0.15) is 0 Å². The van der Waals surface area contributed by atoms with Crippen LogP contribution in [-0.4, -0.2) is 25.9 Å². The number of hydrogen-bond acceptors (Lipinski definition) is 3. The minimum atomic E-state index is -0.363. The number of carbonyl (C=O) groups excluding carboxylic acids is 1. The van der Waals surface area contributed by atoms with E-state index in [1.54, 1.807) is 12.0 Å². The number of para-hydroxylation sites is 1. The molecular formula is C14H19NO3. The number of methoxy groups -OCH3 is 1. The smallest absolute Gasteiger partial charge is 0.227 e. The summed E-state index contributed by atoms with van der Waals surface area (Å²) < 4.78 is 10.9. The van der Waals surface area contributed by atoms with Crippen LogP contribution in [0.2, 0.25) is 0 Å². The van der Waals surface area contributed by atoms with Gasteiger partial charge in [0.05, 0.1) is 13.2 Å². The van der Waals surface area contributed by atoms with Crippen LogP contribution in [0.25, 0.3) is 0 Å². The predicted octanol–water partition coefficient (Wildman–Crippen LogP) is 2.32. The SMILES string of the molecule is CCCC(=O)N1C[C@@H](OC)OCc2ccccc21.